The van der Waals surface area contributed by atoms with Crippen LogP contribution in [0, 0.1) is 0 Å². The molecule has 1 aromatic heterocycles. The third kappa shape index (κ3) is 6.97. The van der Waals surface area contributed by atoms with Gasteiger partial charge in [0.2, 0.25) is 0 Å². The second-order valence-electron chi connectivity index (χ2n) is 8.92. The van der Waals surface area contributed by atoms with E-state index in [-0.39, 0.29) is 18.1 Å². The smallest absolute Gasteiger partial charge is 0.194 e. The van der Waals surface area contributed by atoms with Gasteiger partial charge in [0.15, 0.2) is 11.3 Å². The quantitative estimate of drug-likeness (QED) is 0.401. The molecule has 0 saturated carbocycles. The summed E-state index contributed by atoms with van der Waals surface area (Å²) in [7, 11) is 0. The lowest BCUT2D eigenvalue weighted by atomic mass is 10.0. The van der Waals surface area contributed by atoms with Crippen molar-refractivity contribution in [1.29, 1.82) is 0 Å². The van der Waals surface area contributed by atoms with Crippen molar-refractivity contribution in [2.24, 2.45) is 0 Å². The minimum absolute atomic E-state index is 0.0671. The normalized spacial score (nSPS) is 15.7. The Kier molecular flexibility index (Phi) is 8.80. The van der Waals surface area contributed by atoms with Gasteiger partial charge < -0.3 is 19.2 Å². The molecule has 2 aromatic carbocycles. The molecule has 180 valence electrons. The lowest BCUT2D eigenvalue weighted by molar-refractivity contribution is -0.0120. The molecule has 5 nitrogen and oxygen atoms in total. The number of aryl methyl sites for hydroxylation is 3. The molecular formula is C29H35NO4. The fraction of sp³-hybridized carbons (Fsp3) is 0.414. The Morgan fingerprint density at radius 3 is 2.41 bits per heavy atom. The molecule has 0 radical (unpaired) electrons. The van der Waals surface area contributed by atoms with Crippen LogP contribution in [0.25, 0.3) is 0 Å². The van der Waals surface area contributed by atoms with Crippen molar-refractivity contribution in [2.45, 2.75) is 64.6 Å². The summed E-state index contributed by atoms with van der Waals surface area (Å²) < 4.78 is 17.6. The second-order valence-corrected chi connectivity index (χ2v) is 8.92. The van der Waals surface area contributed by atoms with Gasteiger partial charge in [0.25, 0.3) is 0 Å². The minimum Gasteiger partial charge on any atom is -0.489 e. The van der Waals surface area contributed by atoms with E-state index < -0.39 is 0 Å². The van der Waals surface area contributed by atoms with Gasteiger partial charge >= 0.3 is 0 Å². The lowest BCUT2D eigenvalue weighted by Crippen LogP contribution is -2.26. The summed E-state index contributed by atoms with van der Waals surface area (Å²) in [5.41, 5.74) is 4.05. The maximum Gasteiger partial charge on any atom is 0.194 e. The van der Waals surface area contributed by atoms with Gasteiger partial charge in [0.1, 0.15) is 19.0 Å². The molecule has 0 amide bonds. The summed E-state index contributed by atoms with van der Waals surface area (Å²) in [4.78, 5) is 16.4. The van der Waals surface area contributed by atoms with Gasteiger partial charge in [0.05, 0.1) is 11.7 Å². The number of ether oxygens (including phenoxy) is 3. The van der Waals surface area contributed by atoms with Crippen LogP contribution in [0.5, 0.6) is 11.6 Å². The minimum atomic E-state index is -0.0671. The fourth-order valence-electron chi connectivity index (χ4n) is 4.29. The van der Waals surface area contributed by atoms with E-state index in [1.54, 1.807) is 0 Å². The molecule has 1 unspecified atom stereocenters. The first-order chi connectivity index (χ1) is 16.7. The van der Waals surface area contributed by atoms with Crippen LogP contribution in [0.2, 0.25) is 0 Å². The molecule has 3 aromatic rings. The van der Waals surface area contributed by atoms with Crippen LogP contribution in [-0.4, -0.2) is 24.3 Å². The van der Waals surface area contributed by atoms with Crippen LogP contribution in [-0.2, 0) is 30.6 Å². The molecule has 2 heterocycles. The first kappa shape index (κ1) is 24.1. The van der Waals surface area contributed by atoms with Gasteiger partial charge in [-0.15, -0.1) is 0 Å². The Bertz CT molecular complexity index is 1070. The van der Waals surface area contributed by atoms with E-state index in [0.29, 0.717) is 24.5 Å². The average Bonchev–Trinajstić information content (AvgIpc) is 2.88. The number of aromatic nitrogens is 1. The summed E-state index contributed by atoms with van der Waals surface area (Å²) in [5, 5.41) is 0. The van der Waals surface area contributed by atoms with E-state index in [4.69, 9.17) is 14.2 Å². The summed E-state index contributed by atoms with van der Waals surface area (Å²) >= 11 is 0. The van der Waals surface area contributed by atoms with Crippen LogP contribution >= 0.6 is 0 Å². The Hall–Kier alpha value is -3.05. The Balaban J connectivity index is 1.49. The number of hydrogen-bond donors (Lipinski definition) is 1. The van der Waals surface area contributed by atoms with E-state index >= 15 is 0 Å². The van der Waals surface area contributed by atoms with E-state index in [9.17, 15) is 4.79 Å². The van der Waals surface area contributed by atoms with E-state index in [1.165, 1.54) is 17.2 Å². The topological polar surface area (TPSA) is 60.5 Å². The van der Waals surface area contributed by atoms with Gasteiger partial charge in [-0.1, -0.05) is 55.8 Å². The molecule has 0 aliphatic carbocycles. The lowest BCUT2D eigenvalue weighted by Gasteiger charge is -2.22. The first-order valence-corrected chi connectivity index (χ1v) is 12.5. The van der Waals surface area contributed by atoms with Gasteiger partial charge in [-0.3, -0.25) is 4.79 Å². The Morgan fingerprint density at radius 2 is 1.71 bits per heavy atom. The second kappa shape index (κ2) is 12.4. The van der Waals surface area contributed by atoms with E-state index in [2.05, 4.69) is 36.2 Å². The molecule has 1 N–H and O–H groups in total. The van der Waals surface area contributed by atoms with Crippen molar-refractivity contribution in [3.05, 3.63) is 93.3 Å². The third-order valence-electron chi connectivity index (χ3n) is 6.25. The zero-order valence-corrected chi connectivity index (χ0v) is 20.1. The van der Waals surface area contributed by atoms with Crippen LogP contribution in [0.4, 0.5) is 0 Å². The number of nitrogens with one attached hydrogen (secondary N) is 1. The maximum absolute atomic E-state index is 13.0. The molecule has 34 heavy (non-hydrogen) atoms. The average molecular weight is 462 g/mol. The van der Waals surface area contributed by atoms with Gasteiger partial charge in [-0.05, 0) is 61.8 Å². The van der Waals surface area contributed by atoms with Crippen molar-refractivity contribution in [1.82, 2.24) is 4.98 Å². The van der Waals surface area contributed by atoms with Crippen LogP contribution in [0.1, 0.15) is 55.0 Å². The molecule has 1 aliphatic rings. The number of hydrogen-bond acceptors (Lipinski definition) is 4. The predicted molar refractivity (Wildman–Crippen MR) is 135 cm³/mol. The first-order valence-electron chi connectivity index (χ1n) is 12.5. The SMILES string of the molecule is CCCc1ccc(CCc2[nH]c(OCC3CCCCO3)cc(=O)c2COc2ccccc2)cc1. The summed E-state index contributed by atoms with van der Waals surface area (Å²) in [6.45, 7) is 3.64. The van der Waals surface area contributed by atoms with Crippen LogP contribution in [0.15, 0.2) is 65.5 Å². The number of para-hydroxylation sites is 1. The Morgan fingerprint density at radius 1 is 0.941 bits per heavy atom. The summed E-state index contributed by atoms with van der Waals surface area (Å²) in [6.07, 6.45) is 7.11. The van der Waals surface area contributed by atoms with Gasteiger partial charge in [0, 0.05) is 18.4 Å². The summed E-state index contributed by atoms with van der Waals surface area (Å²) in [6, 6.07) is 19.9. The largest absolute Gasteiger partial charge is 0.489 e. The van der Waals surface area contributed by atoms with Crippen LogP contribution in [0.3, 0.4) is 0 Å². The number of rotatable bonds is 11. The van der Waals surface area contributed by atoms with E-state index in [0.717, 1.165) is 56.6 Å². The molecule has 1 saturated heterocycles. The standard InChI is InChI=1S/C29H35NO4/c1-2-8-22-12-14-23(15-13-22)16-17-27-26(21-33-24-9-4-3-5-10-24)28(31)19-29(30-27)34-20-25-11-6-7-18-32-25/h3-5,9-10,12-15,19,25H,2,6-8,11,16-18,20-21H2,1H3,(H,30,31). The predicted octanol–water partition coefficient (Wildman–Crippen LogP) is 5.64. The molecule has 4 rings (SSSR count). The maximum atomic E-state index is 13.0. The van der Waals surface area contributed by atoms with Crippen molar-refractivity contribution in [3.63, 3.8) is 0 Å². The molecule has 0 bridgehead atoms. The van der Waals surface area contributed by atoms with Crippen molar-refractivity contribution >= 4 is 0 Å². The molecular weight excluding hydrogens is 426 g/mol. The number of benzene rings is 2. The number of H-pyrrole nitrogens is 1. The highest BCUT2D eigenvalue weighted by Crippen LogP contribution is 2.18. The van der Waals surface area contributed by atoms with Crippen molar-refractivity contribution in [3.8, 4) is 11.6 Å². The zero-order chi connectivity index (χ0) is 23.6. The highest BCUT2D eigenvalue weighted by atomic mass is 16.5. The molecule has 1 atom stereocenters. The molecule has 1 fully saturated rings. The molecule has 0 spiro atoms. The number of pyridine rings is 1. The highest BCUT2D eigenvalue weighted by Gasteiger charge is 2.16. The molecule has 5 heteroatoms. The zero-order valence-electron chi connectivity index (χ0n) is 20.1. The van der Waals surface area contributed by atoms with Gasteiger partial charge in [-0.25, -0.2) is 0 Å². The third-order valence-corrected chi connectivity index (χ3v) is 6.25. The summed E-state index contributed by atoms with van der Waals surface area (Å²) in [5.74, 6) is 1.24. The number of aromatic amines is 1. The van der Waals surface area contributed by atoms with Gasteiger partial charge in [-0.2, -0.15) is 0 Å². The highest BCUT2D eigenvalue weighted by molar-refractivity contribution is 5.29. The monoisotopic (exact) mass is 461 g/mol. The Labute approximate surface area is 202 Å². The van der Waals surface area contributed by atoms with E-state index in [1.807, 2.05) is 30.3 Å². The molecule has 1 aliphatic heterocycles. The van der Waals surface area contributed by atoms with Crippen LogP contribution < -0.4 is 14.9 Å². The van der Waals surface area contributed by atoms with Crippen molar-refractivity contribution in [2.75, 3.05) is 13.2 Å². The fourth-order valence-corrected chi connectivity index (χ4v) is 4.29. The van der Waals surface area contributed by atoms with Crippen molar-refractivity contribution < 1.29 is 14.2 Å².